The van der Waals surface area contributed by atoms with E-state index in [0.29, 0.717) is 0 Å². The Morgan fingerprint density at radius 2 is 1.63 bits per heavy atom. The molecule has 0 aliphatic heterocycles. The molecule has 0 aromatic carbocycles. The summed E-state index contributed by atoms with van der Waals surface area (Å²) in [6, 6.07) is 0.236. The molecule has 0 radical (unpaired) electrons. The Morgan fingerprint density at radius 1 is 1.00 bits per heavy atom. The molecule has 5 nitrogen and oxygen atoms in total. The summed E-state index contributed by atoms with van der Waals surface area (Å²) in [7, 11) is 0. The summed E-state index contributed by atoms with van der Waals surface area (Å²) in [6.45, 7) is 10.7. The van der Waals surface area contributed by atoms with E-state index < -0.39 is 0 Å². The highest BCUT2D eigenvalue weighted by Crippen LogP contribution is 2.24. The Labute approximate surface area is 113 Å². The largest absolute Gasteiger partial charge is 0.361 e. The third kappa shape index (κ3) is 2.71. The molecule has 0 aliphatic carbocycles. The second-order valence-corrected chi connectivity index (χ2v) is 4.88. The van der Waals surface area contributed by atoms with Crippen LogP contribution in [0.4, 0.5) is 0 Å². The quantitative estimate of drug-likeness (QED) is 0.897. The fourth-order valence-corrected chi connectivity index (χ4v) is 2.42. The lowest BCUT2D eigenvalue weighted by molar-refractivity contribution is 0.388. The third-order valence-corrected chi connectivity index (χ3v) is 3.55. The molecule has 2 rings (SSSR count). The van der Waals surface area contributed by atoms with Crippen molar-refractivity contribution < 1.29 is 9.05 Å². The van der Waals surface area contributed by atoms with Gasteiger partial charge in [-0.1, -0.05) is 17.2 Å². The molecule has 19 heavy (non-hydrogen) atoms. The van der Waals surface area contributed by atoms with Crippen LogP contribution in [0.2, 0.25) is 0 Å². The predicted octanol–water partition coefficient (Wildman–Crippen LogP) is 3.14. The van der Waals surface area contributed by atoms with Gasteiger partial charge in [-0.2, -0.15) is 0 Å². The van der Waals surface area contributed by atoms with E-state index in [-0.39, 0.29) is 6.04 Å². The molecule has 0 aliphatic rings. The van der Waals surface area contributed by atoms with Crippen LogP contribution in [-0.4, -0.2) is 10.3 Å². The summed E-state index contributed by atoms with van der Waals surface area (Å²) in [4.78, 5) is 0. The predicted molar refractivity (Wildman–Crippen MR) is 71.8 cm³/mol. The highest BCUT2D eigenvalue weighted by atomic mass is 16.5. The van der Waals surface area contributed by atoms with E-state index in [0.717, 1.165) is 47.0 Å². The molecule has 0 saturated carbocycles. The molecular weight excluding hydrogens is 242 g/mol. The topological polar surface area (TPSA) is 64.1 Å². The second kappa shape index (κ2) is 5.57. The maximum Gasteiger partial charge on any atom is 0.138 e. The van der Waals surface area contributed by atoms with E-state index in [2.05, 4.69) is 22.6 Å². The van der Waals surface area contributed by atoms with E-state index in [1.54, 1.807) is 0 Å². The van der Waals surface area contributed by atoms with Gasteiger partial charge < -0.3 is 14.4 Å². The van der Waals surface area contributed by atoms with Gasteiger partial charge in [0.25, 0.3) is 0 Å². The first kappa shape index (κ1) is 13.8. The minimum absolute atomic E-state index is 0.236. The van der Waals surface area contributed by atoms with Gasteiger partial charge in [-0.05, 0) is 34.1 Å². The molecule has 0 saturated heterocycles. The summed E-state index contributed by atoms with van der Waals surface area (Å²) >= 11 is 0. The fraction of sp³-hybridized carbons (Fsp3) is 0.571. The number of hydrogen-bond acceptors (Lipinski definition) is 5. The molecule has 1 unspecified atom stereocenters. The number of nitrogens with zero attached hydrogens (tertiary/aromatic N) is 2. The van der Waals surface area contributed by atoms with Crippen molar-refractivity contribution in [2.75, 3.05) is 0 Å². The summed E-state index contributed by atoms with van der Waals surface area (Å²) in [6.07, 6.45) is 0.978. The number of nitrogens with one attached hydrogen (secondary N) is 1. The van der Waals surface area contributed by atoms with Gasteiger partial charge in [0.15, 0.2) is 0 Å². The Bertz CT molecular complexity index is 518. The Morgan fingerprint density at radius 3 is 2.11 bits per heavy atom. The van der Waals surface area contributed by atoms with Gasteiger partial charge in [0.1, 0.15) is 11.5 Å². The first-order chi connectivity index (χ1) is 9.04. The molecule has 2 heterocycles. The van der Waals surface area contributed by atoms with E-state index in [4.69, 9.17) is 9.05 Å². The minimum atomic E-state index is 0.236. The maximum absolute atomic E-state index is 5.24. The zero-order valence-corrected chi connectivity index (χ0v) is 12.2. The average molecular weight is 263 g/mol. The van der Waals surface area contributed by atoms with Crippen LogP contribution < -0.4 is 5.32 Å². The molecular formula is C14H21N3O2. The van der Waals surface area contributed by atoms with Gasteiger partial charge in [0.05, 0.1) is 11.4 Å². The smallest absolute Gasteiger partial charge is 0.138 e. The lowest BCUT2D eigenvalue weighted by atomic mass is 10.0. The van der Waals surface area contributed by atoms with E-state index in [9.17, 15) is 0 Å². The molecule has 0 bridgehead atoms. The van der Waals surface area contributed by atoms with Crippen LogP contribution in [0.5, 0.6) is 0 Å². The Balaban J connectivity index is 2.13. The number of hydrogen-bond donors (Lipinski definition) is 1. The minimum Gasteiger partial charge on any atom is -0.361 e. The van der Waals surface area contributed by atoms with Crippen molar-refractivity contribution in [1.29, 1.82) is 0 Å². The molecule has 0 spiro atoms. The number of aromatic nitrogens is 2. The highest BCUT2D eigenvalue weighted by molar-refractivity contribution is 5.26. The first-order valence-electron chi connectivity index (χ1n) is 6.62. The molecule has 104 valence electrons. The summed E-state index contributed by atoms with van der Waals surface area (Å²) in [5, 5.41) is 11.5. The third-order valence-electron chi connectivity index (χ3n) is 3.55. The van der Waals surface area contributed by atoms with Crippen molar-refractivity contribution in [3.8, 4) is 0 Å². The number of aryl methyl sites for hydroxylation is 4. The SMILES string of the molecule is CCC(NCc1c(C)noc1C)c1c(C)noc1C. The molecule has 1 N–H and O–H groups in total. The van der Waals surface area contributed by atoms with Crippen molar-refractivity contribution in [3.63, 3.8) is 0 Å². The van der Waals surface area contributed by atoms with Crippen LogP contribution >= 0.6 is 0 Å². The van der Waals surface area contributed by atoms with Gasteiger partial charge >= 0.3 is 0 Å². The van der Waals surface area contributed by atoms with E-state index in [1.807, 2.05) is 27.7 Å². The normalized spacial score (nSPS) is 12.9. The zero-order chi connectivity index (χ0) is 14.0. The summed E-state index contributed by atoms with van der Waals surface area (Å²) < 4.78 is 10.4. The number of rotatable bonds is 5. The van der Waals surface area contributed by atoms with Crippen LogP contribution in [0, 0.1) is 27.7 Å². The molecule has 2 aromatic rings. The van der Waals surface area contributed by atoms with Crippen molar-refractivity contribution in [1.82, 2.24) is 15.6 Å². The highest BCUT2D eigenvalue weighted by Gasteiger charge is 2.19. The second-order valence-electron chi connectivity index (χ2n) is 4.88. The molecule has 0 fully saturated rings. The standard InChI is InChI=1S/C14H21N3O2/c1-6-13(14-9(3)17-19-11(14)5)15-7-12-8(2)16-18-10(12)4/h13,15H,6-7H2,1-5H3. The zero-order valence-electron chi connectivity index (χ0n) is 12.2. The average Bonchev–Trinajstić information content (AvgIpc) is 2.87. The van der Waals surface area contributed by atoms with E-state index >= 15 is 0 Å². The van der Waals surface area contributed by atoms with Gasteiger partial charge in [0.2, 0.25) is 0 Å². The van der Waals surface area contributed by atoms with Gasteiger partial charge in [-0.3, -0.25) is 0 Å². The lowest BCUT2D eigenvalue weighted by Gasteiger charge is -2.16. The van der Waals surface area contributed by atoms with Crippen molar-refractivity contribution in [2.24, 2.45) is 0 Å². The Kier molecular flexibility index (Phi) is 4.04. The van der Waals surface area contributed by atoms with Gasteiger partial charge in [0, 0.05) is 23.7 Å². The summed E-state index contributed by atoms with van der Waals surface area (Å²) in [5.41, 5.74) is 4.19. The van der Waals surface area contributed by atoms with Crippen molar-refractivity contribution >= 4 is 0 Å². The fourth-order valence-electron chi connectivity index (χ4n) is 2.42. The van der Waals surface area contributed by atoms with Crippen molar-refractivity contribution in [2.45, 2.75) is 53.6 Å². The molecule has 1 atom stereocenters. The van der Waals surface area contributed by atoms with Gasteiger partial charge in [-0.25, -0.2) is 0 Å². The van der Waals surface area contributed by atoms with Crippen LogP contribution in [0.1, 0.15) is 53.4 Å². The first-order valence-corrected chi connectivity index (χ1v) is 6.62. The van der Waals surface area contributed by atoms with Crippen molar-refractivity contribution in [3.05, 3.63) is 34.0 Å². The van der Waals surface area contributed by atoms with Crippen LogP contribution in [0.25, 0.3) is 0 Å². The summed E-state index contributed by atoms with van der Waals surface area (Å²) in [5.74, 6) is 1.76. The van der Waals surface area contributed by atoms with Crippen LogP contribution in [0.3, 0.4) is 0 Å². The molecule has 5 heteroatoms. The maximum atomic E-state index is 5.24. The molecule has 0 amide bonds. The van der Waals surface area contributed by atoms with Crippen LogP contribution in [0.15, 0.2) is 9.05 Å². The monoisotopic (exact) mass is 263 g/mol. The molecule has 2 aromatic heterocycles. The Hall–Kier alpha value is -1.62. The van der Waals surface area contributed by atoms with Gasteiger partial charge in [-0.15, -0.1) is 0 Å². The lowest BCUT2D eigenvalue weighted by Crippen LogP contribution is -2.21. The van der Waals surface area contributed by atoms with E-state index in [1.165, 1.54) is 0 Å². The van der Waals surface area contributed by atoms with Crippen LogP contribution in [-0.2, 0) is 6.54 Å².